The first-order valence-corrected chi connectivity index (χ1v) is 16.1. The summed E-state index contributed by atoms with van der Waals surface area (Å²) < 4.78 is 0. The van der Waals surface area contributed by atoms with E-state index in [-0.39, 0.29) is 24.0 Å². The fourth-order valence-corrected chi connectivity index (χ4v) is 9.62. The molecule has 0 nitrogen and oxygen atoms in total. The molecule has 0 aliphatic carbocycles. The lowest BCUT2D eigenvalue weighted by Crippen LogP contribution is -3.00. The second-order valence-corrected chi connectivity index (χ2v) is 14.0. The van der Waals surface area contributed by atoms with Gasteiger partial charge in [-0.25, -0.2) is 0 Å². The summed E-state index contributed by atoms with van der Waals surface area (Å²) in [4.78, 5) is 0. The molecule has 0 bridgehead atoms. The minimum atomic E-state index is -0.678. The van der Waals surface area contributed by atoms with E-state index in [0.717, 1.165) is 0 Å². The first-order chi connectivity index (χ1) is 13.7. The molecule has 178 valence electrons. The van der Waals surface area contributed by atoms with Crippen molar-refractivity contribution < 1.29 is 24.0 Å². The molecule has 0 fully saturated rings. The second kappa shape index (κ2) is 25.4. The van der Waals surface area contributed by atoms with Gasteiger partial charge in [0.15, 0.2) is 0 Å². The Morgan fingerprint density at radius 3 is 0.793 bits per heavy atom. The summed E-state index contributed by atoms with van der Waals surface area (Å²) in [7, 11) is -0.678. The Hall–Kier alpha value is 1.16. The lowest BCUT2D eigenvalue weighted by Gasteiger charge is -2.28. The molecule has 0 aromatic carbocycles. The summed E-state index contributed by atoms with van der Waals surface area (Å²) >= 11 is 0. The summed E-state index contributed by atoms with van der Waals surface area (Å²) in [6, 6.07) is 0. The van der Waals surface area contributed by atoms with Crippen molar-refractivity contribution in [1.29, 1.82) is 0 Å². The number of hydrogen-bond donors (Lipinski definition) is 0. The molecule has 0 heterocycles. The Balaban J connectivity index is 0. The summed E-state index contributed by atoms with van der Waals surface area (Å²) in [6.45, 7) is 9.40. The Bertz CT molecular complexity index is 261. The molecule has 0 rings (SSSR count). The minimum absolute atomic E-state index is 0. The Kier molecular flexibility index (Phi) is 28.3. The van der Waals surface area contributed by atoms with E-state index in [1.54, 1.807) is 50.3 Å². The van der Waals surface area contributed by atoms with Crippen molar-refractivity contribution in [2.45, 2.75) is 150 Å². The van der Waals surface area contributed by atoms with Gasteiger partial charge in [0.25, 0.3) is 0 Å². The van der Waals surface area contributed by atoms with Crippen molar-refractivity contribution in [3.8, 4) is 0 Å². The fraction of sp³-hybridized carbons (Fsp3) is 1.00. The van der Waals surface area contributed by atoms with Crippen molar-refractivity contribution in [3.63, 3.8) is 0 Å². The molecule has 0 N–H and O–H groups in total. The zero-order valence-electron chi connectivity index (χ0n) is 21.1. The highest BCUT2D eigenvalue weighted by atomic mass is 127. The third kappa shape index (κ3) is 20.8. The average Bonchev–Trinajstić information content (AvgIpc) is 2.71. The molecule has 0 radical (unpaired) electrons. The van der Waals surface area contributed by atoms with E-state index in [1.165, 1.54) is 96.3 Å². The minimum Gasteiger partial charge on any atom is -1.00 e. The van der Waals surface area contributed by atoms with Gasteiger partial charge in [-0.3, -0.25) is 0 Å². The maximum atomic E-state index is 2.36. The van der Waals surface area contributed by atoms with Gasteiger partial charge in [0.1, 0.15) is 0 Å². The van der Waals surface area contributed by atoms with Crippen LogP contribution in [0.5, 0.6) is 0 Å². The third-order valence-electron chi connectivity index (χ3n) is 6.69. The largest absolute Gasteiger partial charge is 1.00 e. The molecule has 0 atom stereocenters. The van der Waals surface area contributed by atoms with Gasteiger partial charge >= 0.3 is 0 Å². The van der Waals surface area contributed by atoms with Gasteiger partial charge in [0.2, 0.25) is 0 Å². The highest BCUT2D eigenvalue weighted by molar-refractivity contribution is 7.75. The highest BCUT2D eigenvalue weighted by Crippen LogP contribution is 2.61. The molecule has 0 saturated carbocycles. The summed E-state index contributed by atoms with van der Waals surface area (Å²) in [5.41, 5.74) is 0. The van der Waals surface area contributed by atoms with Gasteiger partial charge in [0, 0.05) is 7.26 Å². The van der Waals surface area contributed by atoms with E-state index in [9.17, 15) is 0 Å². The zero-order chi connectivity index (χ0) is 20.8. The van der Waals surface area contributed by atoms with E-state index in [1.807, 2.05) is 0 Å². The molecule has 0 unspecified atom stereocenters. The molecule has 0 aromatic heterocycles. The third-order valence-corrected chi connectivity index (χ3v) is 11.8. The molecule has 29 heavy (non-hydrogen) atoms. The van der Waals surface area contributed by atoms with Crippen LogP contribution < -0.4 is 24.0 Å². The van der Waals surface area contributed by atoms with Crippen molar-refractivity contribution in [2.75, 3.05) is 24.6 Å². The first-order valence-electron chi connectivity index (χ1n) is 13.6. The Morgan fingerprint density at radius 1 is 0.310 bits per heavy atom. The van der Waals surface area contributed by atoms with Crippen LogP contribution >= 0.6 is 7.26 Å². The van der Waals surface area contributed by atoms with Crippen molar-refractivity contribution in [3.05, 3.63) is 0 Å². The molecule has 0 aromatic rings. The molecular weight excluding hydrogens is 482 g/mol. The van der Waals surface area contributed by atoms with Crippen LogP contribution in [0.4, 0.5) is 0 Å². The van der Waals surface area contributed by atoms with Crippen LogP contribution in [0.1, 0.15) is 150 Å². The van der Waals surface area contributed by atoms with Gasteiger partial charge in [-0.15, -0.1) is 0 Å². The summed E-state index contributed by atoms with van der Waals surface area (Å²) in [5, 5.41) is 0. The lowest BCUT2D eigenvalue weighted by atomic mass is 10.1. The standard InChI is InChI=1S/C27H58P.HI/c1-5-9-13-17-18-19-23-27-28(24-20-14-10-6-2,25-21-15-11-7-3)26-22-16-12-8-4;/h5-27H2,1-4H3;1H/q+1;/p-1. The summed E-state index contributed by atoms with van der Waals surface area (Å²) in [6.07, 6.45) is 34.6. The quantitative estimate of drug-likeness (QED) is 0.0715. The molecular formula is C27H58IP. The number of unbranched alkanes of at least 4 members (excludes halogenated alkanes) is 15. The van der Waals surface area contributed by atoms with Gasteiger partial charge in [-0.05, 0) is 51.4 Å². The summed E-state index contributed by atoms with van der Waals surface area (Å²) in [5.74, 6) is 0. The second-order valence-electron chi connectivity index (χ2n) is 9.54. The number of halogens is 1. The van der Waals surface area contributed by atoms with E-state index in [2.05, 4.69) is 27.7 Å². The van der Waals surface area contributed by atoms with Crippen LogP contribution in [-0.4, -0.2) is 24.6 Å². The van der Waals surface area contributed by atoms with E-state index < -0.39 is 7.26 Å². The van der Waals surface area contributed by atoms with Gasteiger partial charge in [-0.2, -0.15) is 0 Å². The van der Waals surface area contributed by atoms with Crippen LogP contribution in [0.2, 0.25) is 0 Å². The maximum Gasteiger partial charge on any atom is 0.0594 e. The van der Waals surface area contributed by atoms with Gasteiger partial charge in [-0.1, -0.05) is 98.3 Å². The van der Waals surface area contributed by atoms with Crippen molar-refractivity contribution in [1.82, 2.24) is 0 Å². The van der Waals surface area contributed by atoms with Crippen LogP contribution in [0.15, 0.2) is 0 Å². The predicted octanol–water partition coefficient (Wildman–Crippen LogP) is 7.50. The molecule has 0 spiro atoms. The van der Waals surface area contributed by atoms with Crippen LogP contribution in [-0.2, 0) is 0 Å². The zero-order valence-corrected chi connectivity index (χ0v) is 24.1. The normalized spacial score (nSPS) is 11.6. The highest BCUT2D eigenvalue weighted by Gasteiger charge is 2.34. The fourth-order valence-electron chi connectivity index (χ4n) is 4.70. The smallest absolute Gasteiger partial charge is 0.0594 e. The van der Waals surface area contributed by atoms with Gasteiger partial charge in [0.05, 0.1) is 24.6 Å². The van der Waals surface area contributed by atoms with Gasteiger partial charge < -0.3 is 24.0 Å². The van der Waals surface area contributed by atoms with Crippen LogP contribution in [0.3, 0.4) is 0 Å². The van der Waals surface area contributed by atoms with E-state index in [0.29, 0.717) is 0 Å². The molecule has 2 heteroatoms. The topological polar surface area (TPSA) is 0 Å². The molecule has 0 saturated heterocycles. The van der Waals surface area contributed by atoms with Crippen LogP contribution in [0, 0.1) is 0 Å². The Labute approximate surface area is 204 Å². The Morgan fingerprint density at radius 2 is 0.517 bits per heavy atom. The number of hydrogen-bond acceptors (Lipinski definition) is 0. The lowest BCUT2D eigenvalue weighted by molar-refractivity contribution is -0.00000645. The SMILES string of the molecule is CCCCCCCCC[P+](CCCCCC)(CCCCCC)CCCCCC.[I-]. The molecule has 0 aliphatic rings. The first kappa shape index (κ1) is 32.3. The van der Waals surface area contributed by atoms with Crippen molar-refractivity contribution in [2.24, 2.45) is 0 Å². The monoisotopic (exact) mass is 540 g/mol. The van der Waals surface area contributed by atoms with E-state index >= 15 is 0 Å². The van der Waals surface area contributed by atoms with Crippen LogP contribution in [0.25, 0.3) is 0 Å². The molecule has 0 aliphatic heterocycles. The average molecular weight is 541 g/mol. The maximum absolute atomic E-state index is 2.36. The number of rotatable bonds is 23. The van der Waals surface area contributed by atoms with Crippen molar-refractivity contribution >= 4 is 7.26 Å². The predicted molar refractivity (Wildman–Crippen MR) is 137 cm³/mol. The molecule has 0 amide bonds. The van der Waals surface area contributed by atoms with E-state index in [4.69, 9.17) is 0 Å².